The van der Waals surface area contributed by atoms with Crippen LogP contribution in [0.25, 0.3) is 0 Å². The highest BCUT2D eigenvalue weighted by molar-refractivity contribution is 5.76. The number of benzene rings is 1. The second kappa shape index (κ2) is 9.48. The van der Waals surface area contributed by atoms with Gasteiger partial charge < -0.3 is 9.47 Å². The highest BCUT2D eigenvalue weighted by atomic mass is 19.4. The molecule has 0 saturated carbocycles. The van der Waals surface area contributed by atoms with Crippen LogP contribution in [0.4, 0.5) is 26.3 Å². The molecule has 30 heavy (non-hydrogen) atoms. The molecule has 5 nitrogen and oxygen atoms in total. The highest BCUT2D eigenvalue weighted by Crippen LogP contribution is 2.29. The van der Waals surface area contributed by atoms with Gasteiger partial charge in [-0.05, 0) is 24.0 Å². The molecule has 2 aromatic rings. The summed E-state index contributed by atoms with van der Waals surface area (Å²) in [5.74, 6) is -5.17. The topological polar surface area (TPSA) is 51.0 Å². The molecule has 1 unspecified atom stereocenters. The van der Waals surface area contributed by atoms with Crippen LogP contribution in [0.1, 0.15) is 44.4 Å². The van der Waals surface area contributed by atoms with Crippen LogP contribution in [0.3, 0.4) is 0 Å². The second-order valence-electron chi connectivity index (χ2n) is 6.78. The van der Waals surface area contributed by atoms with Crippen molar-refractivity contribution in [2.75, 3.05) is 6.54 Å². The van der Waals surface area contributed by atoms with E-state index in [2.05, 4.69) is 10.2 Å². The molecule has 0 fully saturated rings. The van der Waals surface area contributed by atoms with Crippen LogP contribution in [0, 0.1) is 23.4 Å². The summed E-state index contributed by atoms with van der Waals surface area (Å²) in [6, 6.07) is 1.21. The monoisotopic (exact) mass is 436 g/mol. The van der Waals surface area contributed by atoms with Gasteiger partial charge in [-0.15, -0.1) is 10.2 Å². The quantitative estimate of drug-likeness (QED) is 0.529. The summed E-state index contributed by atoms with van der Waals surface area (Å²) in [5, 5.41) is 6.65. The zero-order valence-corrected chi connectivity index (χ0v) is 16.7. The van der Waals surface area contributed by atoms with Crippen molar-refractivity contribution in [1.82, 2.24) is 19.7 Å². The molecule has 1 aromatic heterocycles. The molecule has 0 bridgehead atoms. The van der Waals surface area contributed by atoms with E-state index in [1.165, 1.54) is 4.90 Å². The van der Waals surface area contributed by atoms with Crippen molar-refractivity contribution in [1.29, 1.82) is 0 Å². The van der Waals surface area contributed by atoms with Crippen molar-refractivity contribution >= 4 is 5.91 Å². The van der Waals surface area contributed by atoms with Gasteiger partial charge in [0, 0.05) is 25.6 Å². The molecule has 11 heteroatoms. The van der Waals surface area contributed by atoms with Gasteiger partial charge in [-0.25, -0.2) is 13.2 Å². The van der Waals surface area contributed by atoms with Crippen LogP contribution in [0.5, 0.6) is 0 Å². The Morgan fingerprint density at radius 1 is 1.07 bits per heavy atom. The molecule has 166 valence electrons. The minimum Gasteiger partial charge on any atom is -0.333 e. The summed E-state index contributed by atoms with van der Waals surface area (Å²) >= 11 is 0. The predicted octanol–water partition coefficient (Wildman–Crippen LogP) is 4.35. The van der Waals surface area contributed by atoms with E-state index in [4.69, 9.17) is 0 Å². The van der Waals surface area contributed by atoms with Crippen LogP contribution in [-0.2, 0) is 30.5 Å². The van der Waals surface area contributed by atoms with E-state index in [9.17, 15) is 31.1 Å². The molecule has 1 aliphatic rings. The van der Waals surface area contributed by atoms with Gasteiger partial charge in [-0.2, -0.15) is 13.2 Å². The number of amides is 1. The Morgan fingerprint density at radius 3 is 2.33 bits per heavy atom. The third-order valence-corrected chi connectivity index (χ3v) is 4.54. The Labute approximate surface area is 169 Å². The smallest absolute Gasteiger partial charge is 0.333 e. The van der Waals surface area contributed by atoms with Crippen LogP contribution in [0.15, 0.2) is 12.1 Å². The zero-order chi connectivity index (χ0) is 22.6. The molecule has 1 atom stereocenters. The fourth-order valence-corrected chi connectivity index (χ4v) is 3.18. The largest absolute Gasteiger partial charge is 0.451 e. The van der Waals surface area contributed by atoms with Gasteiger partial charge in [0.05, 0.1) is 6.54 Å². The molecular weight excluding hydrogens is 414 g/mol. The van der Waals surface area contributed by atoms with Crippen LogP contribution in [-0.4, -0.2) is 32.1 Å². The van der Waals surface area contributed by atoms with E-state index in [-0.39, 0.29) is 49.8 Å². The van der Waals surface area contributed by atoms with Crippen molar-refractivity contribution < 1.29 is 31.1 Å². The Bertz CT molecular complexity index is 896. The minimum atomic E-state index is -4.62. The maximum atomic E-state index is 13.7. The second-order valence-corrected chi connectivity index (χ2v) is 6.78. The van der Waals surface area contributed by atoms with Crippen molar-refractivity contribution in [3.05, 3.63) is 46.8 Å². The van der Waals surface area contributed by atoms with E-state index < -0.39 is 35.4 Å². The summed E-state index contributed by atoms with van der Waals surface area (Å²) in [6.45, 7) is 5.50. The number of aromatic nitrogens is 3. The Kier molecular flexibility index (Phi) is 7.49. The normalized spacial score (nSPS) is 14.6. The molecule has 2 heterocycles. The third-order valence-electron chi connectivity index (χ3n) is 4.54. The number of hydrogen-bond acceptors (Lipinski definition) is 3. The summed E-state index contributed by atoms with van der Waals surface area (Å²) in [6.07, 6.45) is -4.64. The van der Waals surface area contributed by atoms with Crippen LogP contribution >= 0.6 is 0 Å². The molecule has 1 aromatic carbocycles. The molecule has 1 amide bonds. The number of halogens is 6. The van der Waals surface area contributed by atoms with E-state index in [1.807, 2.05) is 13.8 Å². The third kappa shape index (κ3) is 5.31. The Balaban J connectivity index is 0.00000155. The van der Waals surface area contributed by atoms with E-state index >= 15 is 0 Å². The lowest BCUT2D eigenvalue weighted by molar-refractivity contribution is -0.148. The van der Waals surface area contributed by atoms with Crippen molar-refractivity contribution in [2.45, 2.75) is 52.9 Å². The molecule has 0 radical (unpaired) electrons. The Morgan fingerprint density at radius 2 is 1.70 bits per heavy atom. The minimum absolute atomic E-state index is 0.0109. The summed E-state index contributed by atoms with van der Waals surface area (Å²) in [7, 11) is 0. The number of carbonyl (C=O) groups excluding carboxylic acids is 1. The highest BCUT2D eigenvalue weighted by Gasteiger charge is 2.39. The van der Waals surface area contributed by atoms with Gasteiger partial charge in [0.2, 0.25) is 11.7 Å². The van der Waals surface area contributed by atoms with Crippen LogP contribution in [0.2, 0.25) is 0 Å². The standard InChI is InChI=1S/C17H16F6N4O.C2H6/c1-9(4-10-6-12(19)13(20)7-11(10)18)5-15(28)26-2-3-27-14(8-26)24-25-16(27)17(21,22)23;1-2/h6-7,9H,2-5,8H2,1H3;1-2H3. The van der Waals surface area contributed by atoms with E-state index in [0.29, 0.717) is 6.07 Å². The first-order valence-electron chi connectivity index (χ1n) is 9.46. The number of alkyl halides is 3. The first-order chi connectivity index (χ1) is 14.1. The van der Waals surface area contributed by atoms with Gasteiger partial charge in [0.15, 0.2) is 17.5 Å². The molecule has 0 saturated heterocycles. The fourth-order valence-electron chi connectivity index (χ4n) is 3.18. The maximum absolute atomic E-state index is 13.7. The number of fused-ring (bicyclic) bond motifs is 1. The molecule has 1 aliphatic heterocycles. The fraction of sp³-hybridized carbons (Fsp3) is 0.526. The summed E-state index contributed by atoms with van der Waals surface area (Å²) in [4.78, 5) is 13.8. The van der Waals surface area contributed by atoms with E-state index in [0.717, 1.165) is 10.6 Å². The lowest BCUT2D eigenvalue weighted by atomic mass is 9.96. The SMILES string of the molecule is CC.CC(CC(=O)N1CCn2c(nnc2C(F)(F)F)C1)Cc1cc(F)c(F)cc1F. The van der Waals surface area contributed by atoms with E-state index in [1.54, 1.807) is 6.92 Å². The predicted molar refractivity (Wildman–Crippen MR) is 95.6 cm³/mol. The van der Waals surface area contributed by atoms with Gasteiger partial charge in [-0.1, -0.05) is 20.8 Å². The van der Waals surface area contributed by atoms with Crippen LogP contribution < -0.4 is 0 Å². The van der Waals surface area contributed by atoms with Crippen molar-refractivity contribution in [2.24, 2.45) is 5.92 Å². The van der Waals surface area contributed by atoms with Gasteiger partial charge in [-0.3, -0.25) is 4.79 Å². The average molecular weight is 436 g/mol. The number of nitrogens with zero attached hydrogens (tertiary/aromatic N) is 4. The number of rotatable bonds is 4. The first-order valence-corrected chi connectivity index (χ1v) is 9.46. The number of hydrogen-bond donors (Lipinski definition) is 0. The Hall–Kier alpha value is -2.59. The molecule has 0 aliphatic carbocycles. The molecule has 0 spiro atoms. The zero-order valence-electron chi connectivity index (χ0n) is 16.7. The molecular formula is C19H22F6N4O. The van der Waals surface area contributed by atoms with Gasteiger partial charge in [0.25, 0.3) is 0 Å². The van der Waals surface area contributed by atoms with Gasteiger partial charge in [0.1, 0.15) is 5.82 Å². The van der Waals surface area contributed by atoms with Crippen molar-refractivity contribution in [3.63, 3.8) is 0 Å². The summed E-state index contributed by atoms with van der Waals surface area (Å²) in [5.41, 5.74) is -0.0487. The summed E-state index contributed by atoms with van der Waals surface area (Å²) < 4.78 is 79.5. The lowest BCUT2D eigenvalue weighted by Gasteiger charge is -2.29. The average Bonchev–Trinajstić information content (AvgIpc) is 3.11. The first kappa shape index (κ1) is 23.7. The lowest BCUT2D eigenvalue weighted by Crippen LogP contribution is -2.40. The molecule has 3 rings (SSSR count). The maximum Gasteiger partial charge on any atom is 0.451 e. The molecule has 0 N–H and O–H groups in total. The van der Waals surface area contributed by atoms with Gasteiger partial charge >= 0.3 is 6.18 Å². The number of carbonyl (C=O) groups is 1. The van der Waals surface area contributed by atoms with Crippen molar-refractivity contribution in [3.8, 4) is 0 Å².